The highest BCUT2D eigenvalue weighted by molar-refractivity contribution is 5.86. The maximum absolute atomic E-state index is 10.9. The van der Waals surface area contributed by atoms with Crippen LogP contribution in [0.5, 0.6) is 0 Å². The molecule has 0 spiro atoms. The van der Waals surface area contributed by atoms with Gasteiger partial charge in [-0.3, -0.25) is 4.79 Å². The first kappa shape index (κ1) is 8.99. The van der Waals surface area contributed by atoms with Crippen LogP contribution in [-0.4, -0.2) is 15.5 Å². The molecule has 0 radical (unpaired) electrons. The maximum Gasteiger partial charge on any atom is 0.243 e. The van der Waals surface area contributed by atoms with Crippen LogP contribution in [0.4, 0.5) is 0 Å². The third kappa shape index (κ3) is 1.55. The summed E-state index contributed by atoms with van der Waals surface area (Å²) in [5.41, 5.74) is 1.08. The Hall–Kier alpha value is -1.58. The van der Waals surface area contributed by atoms with Crippen molar-refractivity contribution in [3.05, 3.63) is 30.4 Å². The van der Waals surface area contributed by atoms with Crippen LogP contribution < -0.4 is 5.32 Å². The highest BCUT2D eigenvalue weighted by Crippen LogP contribution is 2.15. The molecular formula is C10H13N3O. The average molecular weight is 191 g/mol. The van der Waals surface area contributed by atoms with Crippen molar-refractivity contribution in [1.82, 2.24) is 14.9 Å². The molecule has 1 N–H and O–H groups in total. The Bertz CT molecular complexity index is 367. The predicted octanol–water partition coefficient (Wildman–Crippen LogP) is 0.631. The van der Waals surface area contributed by atoms with Crippen LogP contribution in [-0.2, 0) is 24.3 Å². The molecule has 74 valence electrons. The number of aryl methyl sites for hydroxylation is 1. The lowest BCUT2D eigenvalue weighted by molar-refractivity contribution is -0.116. The Morgan fingerprint density at radius 2 is 2.64 bits per heavy atom. The van der Waals surface area contributed by atoms with Gasteiger partial charge in [-0.25, -0.2) is 4.98 Å². The minimum atomic E-state index is -0.140. The first-order chi connectivity index (χ1) is 6.81. The largest absolute Gasteiger partial charge is 0.347 e. The zero-order chi connectivity index (χ0) is 9.97. The van der Waals surface area contributed by atoms with Crippen molar-refractivity contribution in [3.63, 3.8) is 0 Å². The highest BCUT2D eigenvalue weighted by atomic mass is 16.1. The van der Waals surface area contributed by atoms with E-state index in [0.29, 0.717) is 6.54 Å². The van der Waals surface area contributed by atoms with Gasteiger partial charge in [0.25, 0.3) is 0 Å². The fourth-order valence-corrected chi connectivity index (χ4v) is 1.71. The number of carbonyl (C=O) groups excluding carboxylic acids is 1. The van der Waals surface area contributed by atoms with Crippen molar-refractivity contribution in [2.45, 2.75) is 25.9 Å². The van der Waals surface area contributed by atoms with Gasteiger partial charge in [0, 0.05) is 13.0 Å². The van der Waals surface area contributed by atoms with E-state index < -0.39 is 0 Å². The third-order valence-electron chi connectivity index (χ3n) is 2.43. The lowest BCUT2D eigenvalue weighted by Crippen LogP contribution is -2.21. The molecule has 0 fully saturated rings. The number of nitrogens with one attached hydrogen (secondary N) is 1. The van der Waals surface area contributed by atoms with Crippen molar-refractivity contribution < 1.29 is 4.79 Å². The van der Waals surface area contributed by atoms with E-state index in [-0.39, 0.29) is 5.91 Å². The van der Waals surface area contributed by atoms with Crippen molar-refractivity contribution in [2.75, 3.05) is 0 Å². The van der Waals surface area contributed by atoms with Gasteiger partial charge in [0.15, 0.2) is 0 Å². The molecule has 1 amide bonds. The van der Waals surface area contributed by atoms with Crippen molar-refractivity contribution in [3.8, 4) is 0 Å². The van der Waals surface area contributed by atoms with E-state index in [9.17, 15) is 4.79 Å². The van der Waals surface area contributed by atoms with Gasteiger partial charge in [0.05, 0.1) is 18.4 Å². The zero-order valence-corrected chi connectivity index (χ0v) is 7.99. The molecule has 4 heteroatoms. The van der Waals surface area contributed by atoms with Crippen LogP contribution in [0.3, 0.4) is 0 Å². The smallest absolute Gasteiger partial charge is 0.243 e. The zero-order valence-electron chi connectivity index (χ0n) is 7.99. The molecule has 0 aromatic carbocycles. The molecule has 4 nitrogen and oxygen atoms in total. The second-order valence-corrected chi connectivity index (χ2v) is 3.34. The topological polar surface area (TPSA) is 46.9 Å². The van der Waals surface area contributed by atoms with Crippen LogP contribution in [0.15, 0.2) is 18.9 Å². The highest BCUT2D eigenvalue weighted by Gasteiger charge is 2.14. The van der Waals surface area contributed by atoms with Gasteiger partial charge in [-0.2, -0.15) is 0 Å². The first-order valence-corrected chi connectivity index (χ1v) is 4.75. The minimum absolute atomic E-state index is 0.140. The Kier molecular flexibility index (Phi) is 2.35. The third-order valence-corrected chi connectivity index (χ3v) is 2.43. The number of aromatic nitrogens is 2. The summed E-state index contributed by atoms with van der Waals surface area (Å²) in [5, 5.41) is 2.75. The molecule has 1 aromatic heterocycles. The number of fused-ring (bicyclic) bond motifs is 1. The van der Waals surface area contributed by atoms with Crippen LogP contribution >= 0.6 is 0 Å². The van der Waals surface area contributed by atoms with Gasteiger partial charge in [0.2, 0.25) is 5.91 Å². The van der Waals surface area contributed by atoms with Crippen LogP contribution in [0, 0.1) is 0 Å². The molecule has 1 aromatic rings. The van der Waals surface area contributed by atoms with Crippen molar-refractivity contribution in [2.24, 2.45) is 0 Å². The van der Waals surface area contributed by atoms with Gasteiger partial charge >= 0.3 is 0 Å². The molecule has 0 atom stereocenters. The predicted molar refractivity (Wildman–Crippen MR) is 52.6 cm³/mol. The number of hydrogen-bond donors (Lipinski definition) is 1. The summed E-state index contributed by atoms with van der Waals surface area (Å²) in [6, 6.07) is 0. The Morgan fingerprint density at radius 3 is 3.43 bits per heavy atom. The first-order valence-electron chi connectivity index (χ1n) is 4.75. The second-order valence-electron chi connectivity index (χ2n) is 3.34. The summed E-state index contributed by atoms with van der Waals surface area (Å²) < 4.78 is 2.17. The Balaban J connectivity index is 2.03. The summed E-state index contributed by atoms with van der Waals surface area (Å²) >= 11 is 0. The normalized spacial score (nSPS) is 13.7. The lowest BCUT2D eigenvalue weighted by Gasteiger charge is -2.04. The molecule has 0 unspecified atom stereocenters. The Morgan fingerprint density at radius 1 is 1.79 bits per heavy atom. The number of nitrogens with zero attached hydrogens (tertiary/aromatic N) is 2. The molecule has 0 aliphatic carbocycles. The fourth-order valence-electron chi connectivity index (χ4n) is 1.71. The van der Waals surface area contributed by atoms with E-state index in [1.165, 1.54) is 6.08 Å². The quantitative estimate of drug-likeness (QED) is 0.712. The van der Waals surface area contributed by atoms with Gasteiger partial charge in [-0.15, -0.1) is 0 Å². The Labute approximate surface area is 82.6 Å². The van der Waals surface area contributed by atoms with E-state index in [4.69, 9.17) is 0 Å². The summed E-state index contributed by atoms with van der Waals surface area (Å²) in [6.07, 6.45) is 5.32. The van der Waals surface area contributed by atoms with E-state index >= 15 is 0 Å². The molecule has 1 aliphatic rings. The summed E-state index contributed by atoms with van der Waals surface area (Å²) in [4.78, 5) is 15.2. The molecule has 2 heterocycles. The number of hydrogen-bond acceptors (Lipinski definition) is 2. The SMILES string of the molecule is C=CC(=O)NCc1cnc2n1CCC2. The van der Waals surface area contributed by atoms with Crippen molar-refractivity contribution >= 4 is 5.91 Å². The van der Waals surface area contributed by atoms with Gasteiger partial charge < -0.3 is 9.88 Å². The number of amides is 1. The molecule has 0 bridgehead atoms. The lowest BCUT2D eigenvalue weighted by atomic mass is 10.3. The second kappa shape index (κ2) is 3.65. The monoisotopic (exact) mass is 191 g/mol. The van der Waals surface area contributed by atoms with Crippen LogP contribution in [0.2, 0.25) is 0 Å². The number of rotatable bonds is 3. The van der Waals surface area contributed by atoms with E-state index in [1.807, 2.05) is 6.20 Å². The number of carbonyl (C=O) groups is 1. The van der Waals surface area contributed by atoms with E-state index in [2.05, 4.69) is 21.4 Å². The number of imidazole rings is 1. The van der Waals surface area contributed by atoms with Gasteiger partial charge in [-0.1, -0.05) is 6.58 Å². The summed E-state index contributed by atoms with van der Waals surface area (Å²) in [6.45, 7) is 4.96. The minimum Gasteiger partial charge on any atom is -0.347 e. The van der Waals surface area contributed by atoms with Crippen LogP contribution in [0.1, 0.15) is 17.9 Å². The van der Waals surface area contributed by atoms with Crippen LogP contribution in [0.25, 0.3) is 0 Å². The van der Waals surface area contributed by atoms with E-state index in [1.54, 1.807) is 0 Å². The maximum atomic E-state index is 10.9. The van der Waals surface area contributed by atoms with E-state index in [0.717, 1.165) is 30.9 Å². The van der Waals surface area contributed by atoms with Gasteiger partial charge in [-0.05, 0) is 12.5 Å². The van der Waals surface area contributed by atoms with Crippen molar-refractivity contribution in [1.29, 1.82) is 0 Å². The molecule has 0 saturated carbocycles. The molecule has 14 heavy (non-hydrogen) atoms. The molecule has 0 saturated heterocycles. The summed E-state index contributed by atoms with van der Waals surface area (Å²) in [7, 11) is 0. The summed E-state index contributed by atoms with van der Waals surface area (Å²) in [5.74, 6) is 0.992. The molecule has 2 rings (SSSR count). The molecular weight excluding hydrogens is 178 g/mol. The molecule has 1 aliphatic heterocycles. The van der Waals surface area contributed by atoms with Gasteiger partial charge in [0.1, 0.15) is 5.82 Å². The fraction of sp³-hybridized carbons (Fsp3) is 0.400. The average Bonchev–Trinajstić information content (AvgIpc) is 2.76. The standard InChI is InChI=1S/C10H13N3O/c1-2-10(14)12-7-8-6-11-9-4-3-5-13(8)9/h2,6H,1,3-5,7H2,(H,12,14).